The fourth-order valence-electron chi connectivity index (χ4n) is 1.99. The number of nitrogen functional groups attached to an aromatic ring is 1. The zero-order valence-corrected chi connectivity index (χ0v) is 11.6. The van der Waals surface area contributed by atoms with Crippen LogP contribution >= 0.6 is 0 Å². The minimum atomic E-state index is -0.227. The summed E-state index contributed by atoms with van der Waals surface area (Å²) in [6, 6.07) is 9.50. The molecule has 0 spiro atoms. The molecule has 0 aliphatic rings. The molecule has 6 heteroatoms. The molecule has 0 radical (unpaired) electrons. The molecule has 1 aromatic carbocycles. The van der Waals surface area contributed by atoms with E-state index in [1.54, 1.807) is 6.92 Å². The molecule has 2 aromatic rings. The minimum absolute atomic E-state index is 0.0299. The number of aromatic nitrogens is 2. The molecule has 1 atom stereocenters. The van der Waals surface area contributed by atoms with Crippen molar-refractivity contribution in [3.05, 3.63) is 47.3 Å². The molecule has 0 fully saturated rings. The third kappa shape index (κ3) is 3.04. The summed E-state index contributed by atoms with van der Waals surface area (Å²) >= 11 is 0. The van der Waals surface area contributed by atoms with E-state index in [-0.39, 0.29) is 12.6 Å². The third-order valence-electron chi connectivity index (χ3n) is 3.09. The van der Waals surface area contributed by atoms with Crippen molar-refractivity contribution in [2.75, 3.05) is 17.3 Å². The van der Waals surface area contributed by atoms with Crippen LogP contribution in [-0.4, -0.2) is 21.7 Å². The van der Waals surface area contributed by atoms with Gasteiger partial charge in [0.25, 0.3) is 0 Å². The molecule has 5 N–H and O–H groups in total. The van der Waals surface area contributed by atoms with E-state index in [4.69, 9.17) is 5.84 Å². The van der Waals surface area contributed by atoms with Crippen LogP contribution in [0.5, 0.6) is 0 Å². The Hall–Kier alpha value is -2.18. The van der Waals surface area contributed by atoms with Gasteiger partial charge < -0.3 is 15.8 Å². The van der Waals surface area contributed by atoms with Gasteiger partial charge in [0.15, 0.2) is 0 Å². The summed E-state index contributed by atoms with van der Waals surface area (Å²) in [5, 5.41) is 12.8. The Bertz CT molecular complexity index is 573. The first-order valence-electron chi connectivity index (χ1n) is 6.40. The topological polar surface area (TPSA) is 96.1 Å². The normalized spacial score (nSPS) is 12.0. The molecule has 2 rings (SSSR count). The number of rotatable bonds is 5. The smallest absolute Gasteiger partial charge is 0.148 e. The Morgan fingerprint density at radius 3 is 2.40 bits per heavy atom. The highest BCUT2D eigenvalue weighted by atomic mass is 16.3. The van der Waals surface area contributed by atoms with Crippen molar-refractivity contribution in [1.82, 2.24) is 9.97 Å². The Labute approximate surface area is 118 Å². The average molecular weight is 273 g/mol. The van der Waals surface area contributed by atoms with E-state index in [2.05, 4.69) is 20.7 Å². The third-order valence-corrected chi connectivity index (χ3v) is 3.09. The molecule has 1 heterocycles. The van der Waals surface area contributed by atoms with E-state index in [1.807, 2.05) is 37.3 Å². The Morgan fingerprint density at radius 2 is 1.80 bits per heavy atom. The van der Waals surface area contributed by atoms with Gasteiger partial charge in [-0.25, -0.2) is 15.8 Å². The number of aliphatic hydroxyl groups is 1. The van der Waals surface area contributed by atoms with Crippen molar-refractivity contribution in [3.63, 3.8) is 0 Å². The van der Waals surface area contributed by atoms with Crippen molar-refractivity contribution >= 4 is 11.6 Å². The maximum atomic E-state index is 9.58. The van der Waals surface area contributed by atoms with Gasteiger partial charge in [-0.05, 0) is 19.4 Å². The summed E-state index contributed by atoms with van der Waals surface area (Å²) in [5.41, 5.74) is 4.36. The summed E-state index contributed by atoms with van der Waals surface area (Å²) < 4.78 is 0. The Kier molecular flexibility index (Phi) is 4.49. The molecule has 1 unspecified atom stereocenters. The van der Waals surface area contributed by atoms with Crippen LogP contribution in [-0.2, 0) is 0 Å². The lowest BCUT2D eigenvalue weighted by atomic mass is 10.1. The minimum Gasteiger partial charge on any atom is -0.394 e. The van der Waals surface area contributed by atoms with E-state index in [1.165, 1.54) is 0 Å². The Balaban J connectivity index is 2.31. The summed E-state index contributed by atoms with van der Waals surface area (Å²) in [5.74, 6) is 7.29. The molecule has 1 aromatic heterocycles. The van der Waals surface area contributed by atoms with Crippen LogP contribution in [0, 0.1) is 13.8 Å². The first kappa shape index (κ1) is 14.2. The molecule has 0 saturated carbocycles. The van der Waals surface area contributed by atoms with Gasteiger partial charge in [-0.1, -0.05) is 30.3 Å². The molecule has 6 nitrogen and oxygen atoms in total. The number of hydrogen-bond donors (Lipinski definition) is 4. The lowest BCUT2D eigenvalue weighted by Gasteiger charge is -2.20. The zero-order valence-electron chi connectivity index (χ0n) is 11.6. The summed E-state index contributed by atoms with van der Waals surface area (Å²) in [4.78, 5) is 8.57. The molecular formula is C14H19N5O. The Morgan fingerprint density at radius 1 is 1.15 bits per heavy atom. The SMILES string of the molecule is Cc1nc(NN)c(C)c(NC(CO)c2ccccc2)n1. The largest absolute Gasteiger partial charge is 0.394 e. The summed E-state index contributed by atoms with van der Waals surface area (Å²) in [7, 11) is 0. The van der Waals surface area contributed by atoms with Gasteiger partial charge in [-0.15, -0.1) is 0 Å². The van der Waals surface area contributed by atoms with E-state index >= 15 is 0 Å². The van der Waals surface area contributed by atoms with E-state index in [0.29, 0.717) is 17.5 Å². The van der Waals surface area contributed by atoms with Crippen LogP contribution in [0.15, 0.2) is 30.3 Å². The number of aryl methyl sites for hydroxylation is 1. The van der Waals surface area contributed by atoms with Crippen LogP contribution in [0.2, 0.25) is 0 Å². The number of hydrazine groups is 1. The molecule has 0 amide bonds. The van der Waals surface area contributed by atoms with Crippen LogP contribution in [0.4, 0.5) is 11.6 Å². The molecule has 20 heavy (non-hydrogen) atoms. The molecule has 0 bridgehead atoms. The van der Waals surface area contributed by atoms with Gasteiger partial charge in [0.05, 0.1) is 12.6 Å². The standard InChI is InChI=1S/C14H19N5O/c1-9-13(16-10(2)17-14(9)19-15)18-12(8-20)11-6-4-3-5-7-11/h3-7,12,20H,8,15H2,1-2H3,(H2,16,17,18,19). The van der Waals surface area contributed by atoms with Gasteiger partial charge >= 0.3 is 0 Å². The number of nitrogens with two attached hydrogens (primary N) is 1. The highest BCUT2D eigenvalue weighted by molar-refractivity contribution is 5.57. The number of aliphatic hydroxyl groups excluding tert-OH is 1. The van der Waals surface area contributed by atoms with Gasteiger partial charge in [0.1, 0.15) is 17.5 Å². The number of nitrogens with one attached hydrogen (secondary N) is 2. The van der Waals surface area contributed by atoms with Gasteiger partial charge in [0, 0.05) is 5.56 Å². The van der Waals surface area contributed by atoms with Gasteiger partial charge in [-0.3, -0.25) is 0 Å². The van der Waals surface area contributed by atoms with Crippen molar-refractivity contribution in [2.24, 2.45) is 5.84 Å². The van der Waals surface area contributed by atoms with Crippen LogP contribution < -0.4 is 16.6 Å². The number of hydrogen-bond acceptors (Lipinski definition) is 6. The fourth-order valence-corrected chi connectivity index (χ4v) is 1.99. The predicted molar refractivity (Wildman–Crippen MR) is 79.2 cm³/mol. The highest BCUT2D eigenvalue weighted by Crippen LogP contribution is 2.24. The highest BCUT2D eigenvalue weighted by Gasteiger charge is 2.14. The average Bonchev–Trinajstić information content (AvgIpc) is 2.48. The second kappa shape index (κ2) is 6.31. The van der Waals surface area contributed by atoms with Crippen LogP contribution in [0.1, 0.15) is 23.0 Å². The first-order valence-corrected chi connectivity index (χ1v) is 6.40. The lowest BCUT2D eigenvalue weighted by molar-refractivity contribution is 0.276. The molecule has 0 saturated heterocycles. The van der Waals surface area contributed by atoms with E-state index in [9.17, 15) is 5.11 Å². The van der Waals surface area contributed by atoms with Crippen molar-refractivity contribution in [3.8, 4) is 0 Å². The van der Waals surface area contributed by atoms with Crippen molar-refractivity contribution in [1.29, 1.82) is 0 Å². The van der Waals surface area contributed by atoms with Crippen LogP contribution in [0.3, 0.4) is 0 Å². The van der Waals surface area contributed by atoms with Crippen LogP contribution in [0.25, 0.3) is 0 Å². The second-order valence-electron chi connectivity index (χ2n) is 4.53. The zero-order chi connectivity index (χ0) is 14.5. The predicted octanol–water partition coefficient (Wildman–Crippen LogP) is 1.52. The van der Waals surface area contributed by atoms with E-state index in [0.717, 1.165) is 11.1 Å². The summed E-state index contributed by atoms with van der Waals surface area (Å²) in [6.45, 7) is 3.64. The van der Waals surface area contributed by atoms with E-state index < -0.39 is 0 Å². The first-order chi connectivity index (χ1) is 9.65. The lowest BCUT2D eigenvalue weighted by Crippen LogP contribution is -2.19. The summed E-state index contributed by atoms with van der Waals surface area (Å²) in [6.07, 6.45) is 0. The quantitative estimate of drug-likeness (QED) is 0.487. The van der Waals surface area contributed by atoms with Gasteiger partial charge in [0.2, 0.25) is 0 Å². The van der Waals surface area contributed by atoms with Gasteiger partial charge in [-0.2, -0.15) is 0 Å². The van der Waals surface area contributed by atoms with Crippen molar-refractivity contribution in [2.45, 2.75) is 19.9 Å². The molecular weight excluding hydrogens is 254 g/mol. The molecule has 0 aliphatic heterocycles. The maximum absolute atomic E-state index is 9.58. The maximum Gasteiger partial charge on any atom is 0.148 e. The second-order valence-corrected chi connectivity index (χ2v) is 4.53. The number of nitrogens with zero attached hydrogens (tertiary/aromatic N) is 2. The van der Waals surface area contributed by atoms with Crippen molar-refractivity contribution < 1.29 is 5.11 Å². The fraction of sp³-hybridized carbons (Fsp3) is 0.286. The molecule has 106 valence electrons. The monoisotopic (exact) mass is 273 g/mol. The number of anilines is 2. The number of benzene rings is 1. The molecule has 0 aliphatic carbocycles.